The number of amides is 3. The average Bonchev–Trinajstić information content (AvgIpc) is 2.48. The van der Waals surface area contributed by atoms with Crippen LogP contribution in [0.4, 0.5) is 0 Å². The van der Waals surface area contributed by atoms with E-state index in [-0.39, 0.29) is 18.4 Å². The first-order chi connectivity index (χ1) is 11.0. The summed E-state index contributed by atoms with van der Waals surface area (Å²) in [5.74, 6) is -2.69. The Kier molecular flexibility index (Phi) is 9.63. The van der Waals surface area contributed by atoms with E-state index in [0.29, 0.717) is 6.42 Å². The first kappa shape index (κ1) is 21.8. The van der Waals surface area contributed by atoms with E-state index in [4.69, 9.17) is 10.8 Å². The lowest BCUT2D eigenvalue weighted by molar-refractivity contribution is -0.138. The standard InChI is InChI=1S/C15H28N4O5/c1-8(2)5-10(19-15(24)13(16)9(3)4)14(23)18-6-11(20)17-7-12(21)22/h8-10,13H,5-7,16H2,1-4H3,(H,17,20)(H,18,23)(H,19,24)(H,21,22). The molecular formula is C15H28N4O5. The highest BCUT2D eigenvalue weighted by molar-refractivity contribution is 5.92. The van der Waals surface area contributed by atoms with Crippen LogP contribution >= 0.6 is 0 Å². The lowest BCUT2D eigenvalue weighted by atomic mass is 10.0. The molecule has 3 amide bonds. The monoisotopic (exact) mass is 344 g/mol. The molecule has 9 nitrogen and oxygen atoms in total. The zero-order valence-corrected chi connectivity index (χ0v) is 14.6. The molecule has 0 radical (unpaired) electrons. The van der Waals surface area contributed by atoms with Gasteiger partial charge in [0.25, 0.3) is 0 Å². The first-order valence-electron chi connectivity index (χ1n) is 7.86. The summed E-state index contributed by atoms with van der Waals surface area (Å²) < 4.78 is 0. The third kappa shape index (κ3) is 9.09. The Bertz CT molecular complexity index is 465. The van der Waals surface area contributed by atoms with Crippen molar-refractivity contribution >= 4 is 23.7 Å². The van der Waals surface area contributed by atoms with Gasteiger partial charge in [0.2, 0.25) is 17.7 Å². The molecule has 0 saturated heterocycles. The minimum absolute atomic E-state index is 0.0745. The number of carbonyl (C=O) groups is 4. The van der Waals surface area contributed by atoms with Crippen LogP contribution in [0.2, 0.25) is 0 Å². The number of aliphatic carboxylic acids is 1. The van der Waals surface area contributed by atoms with Crippen molar-refractivity contribution in [2.24, 2.45) is 17.6 Å². The molecule has 2 atom stereocenters. The van der Waals surface area contributed by atoms with E-state index in [1.165, 1.54) is 0 Å². The number of carboxylic acids is 1. The average molecular weight is 344 g/mol. The van der Waals surface area contributed by atoms with E-state index in [2.05, 4.69) is 16.0 Å². The molecule has 0 heterocycles. The predicted octanol–water partition coefficient (Wildman–Crippen LogP) is -1.18. The van der Waals surface area contributed by atoms with Gasteiger partial charge >= 0.3 is 5.97 Å². The number of nitrogens with two attached hydrogens (primary N) is 1. The zero-order valence-electron chi connectivity index (χ0n) is 14.6. The van der Waals surface area contributed by atoms with Crippen molar-refractivity contribution in [2.45, 2.75) is 46.2 Å². The van der Waals surface area contributed by atoms with E-state index < -0.39 is 42.3 Å². The summed E-state index contributed by atoms with van der Waals surface area (Å²) in [6.45, 7) is 6.50. The lowest BCUT2D eigenvalue weighted by Crippen LogP contribution is -2.54. The van der Waals surface area contributed by atoms with Crippen molar-refractivity contribution < 1.29 is 24.3 Å². The maximum atomic E-state index is 12.2. The Hall–Kier alpha value is -2.16. The van der Waals surface area contributed by atoms with Gasteiger partial charge < -0.3 is 26.8 Å². The third-order valence-electron chi connectivity index (χ3n) is 3.22. The van der Waals surface area contributed by atoms with E-state index in [9.17, 15) is 19.2 Å². The fraction of sp³-hybridized carbons (Fsp3) is 0.733. The highest BCUT2D eigenvalue weighted by atomic mass is 16.4. The van der Waals surface area contributed by atoms with Crippen molar-refractivity contribution in [3.05, 3.63) is 0 Å². The molecule has 0 aromatic heterocycles. The molecule has 0 aliphatic rings. The Labute approximate surface area is 141 Å². The largest absolute Gasteiger partial charge is 0.480 e. The molecule has 9 heteroatoms. The second-order valence-corrected chi connectivity index (χ2v) is 6.35. The minimum atomic E-state index is -1.18. The second-order valence-electron chi connectivity index (χ2n) is 6.35. The Balaban J connectivity index is 4.63. The number of hydrogen-bond acceptors (Lipinski definition) is 5. The van der Waals surface area contributed by atoms with Crippen molar-refractivity contribution in [1.82, 2.24) is 16.0 Å². The molecule has 0 aliphatic heterocycles. The SMILES string of the molecule is CC(C)CC(NC(=O)C(N)C(C)C)C(=O)NCC(=O)NCC(=O)O. The van der Waals surface area contributed by atoms with Crippen LogP contribution < -0.4 is 21.7 Å². The normalized spacial score (nSPS) is 13.3. The van der Waals surface area contributed by atoms with Crippen LogP contribution in [0.15, 0.2) is 0 Å². The summed E-state index contributed by atoms with van der Waals surface area (Å²) in [7, 11) is 0. The van der Waals surface area contributed by atoms with Crippen LogP contribution in [-0.2, 0) is 19.2 Å². The van der Waals surface area contributed by atoms with E-state index in [0.717, 1.165) is 0 Å². The molecule has 2 unspecified atom stereocenters. The van der Waals surface area contributed by atoms with E-state index in [1.54, 1.807) is 13.8 Å². The van der Waals surface area contributed by atoms with Crippen LogP contribution in [-0.4, -0.2) is 54.0 Å². The summed E-state index contributed by atoms with van der Waals surface area (Å²) in [6, 6.07) is -1.54. The molecule has 6 N–H and O–H groups in total. The van der Waals surface area contributed by atoms with Gasteiger partial charge in [-0.3, -0.25) is 19.2 Å². The first-order valence-corrected chi connectivity index (χ1v) is 7.86. The Morgan fingerprint density at radius 2 is 1.54 bits per heavy atom. The van der Waals surface area contributed by atoms with E-state index >= 15 is 0 Å². The van der Waals surface area contributed by atoms with Crippen LogP contribution in [0.1, 0.15) is 34.1 Å². The highest BCUT2D eigenvalue weighted by Gasteiger charge is 2.26. The lowest BCUT2D eigenvalue weighted by Gasteiger charge is -2.23. The molecule has 138 valence electrons. The Morgan fingerprint density at radius 1 is 0.958 bits per heavy atom. The van der Waals surface area contributed by atoms with Gasteiger partial charge in [-0.2, -0.15) is 0 Å². The smallest absolute Gasteiger partial charge is 0.322 e. The number of carbonyl (C=O) groups excluding carboxylic acids is 3. The molecule has 0 bridgehead atoms. The predicted molar refractivity (Wildman–Crippen MR) is 87.9 cm³/mol. The zero-order chi connectivity index (χ0) is 18.9. The molecule has 0 aromatic rings. The fourth-order valence-electron chi connectivity index (χ4n) is 1.80. The summed E-state index contributed by atoms with van der Waals surface area (Å²) >= 11 is 0. The summed E-state index contributed by atoms with van der Waals surface area (Å²) in [5, 5.41) is 15.6. The summed E-state index contributed by atoms with van der Waals surface area (Å²) in [5.41, 5.74) is 5.77. The van der Waals surface area contributed by atoms with E-state index in [1.807, 2.05) is 13.8 Å². The minimum Gasteiger partial charge on any atom is -0.480 e. The van der Waals surface area contributed by atoms with Crippen molar-refractivity contribution in [3.8, 4) is 0 Å². The van der Waals surface area contributed by atoms with Gasteiger partial charge in [-0.15, -0.1) is 0 Å². The molecule has 0 fully saturated rings. The molecule has 0 aromatic carbocycles. The Morgan fingerprint density at radius 3 is 2.00 bits per heavy atom. The topological polar surface area (TPSA) is 151 Å². The van der Waals surface area contributed by atoms with Gasteiger partial charge in [-0.1, -0.05) is 27.7 Å². The number of nitrogens with one attached hydrogen (secondary N) is 3. The van der Waals surface area contributed by atoms with Crippen molar-refractivity contribution in [2.75, 3.05) is 13.1 Å². The quantitative estimate of drug-likeness (QED) is 0.336. The van der Waals surface area contributed by atoms with Gasteiger partial charge in [0.05, 0.1) is 12.6 Å². The maximum absolute atomic E-state index is 12.2. The van der Waals surface area contributed by atoms with Crippen molar-refractivity contribution in [3.63, 3.8) is 0 Å². The molecule has 0 spiro atoms. The van der Waals surface area contributed by atoms with Gasteiger partial charge in [-0.05, 0) is 18.3 Å². The second kappa shape index (κ2) is 10.6. The van der Waals surface area contributed by atoms with Crippen LogP contribution in [0.25, 0.3) is 0 Å². The molecule has 24 heavy (non-hydrogen) atoms. The molecule has 0 saturated carbocycles. The highest BCUT2D eigenvalue weighted by Crippen LogP contribution is 2.06. The number of carboxylic acid groups (broad SMARTS) is 1. The van der Waals surface area contributed by atoms with Crippen LogP contribution in [0, 0.1) is 11.8 Å². The molecule has 0 rings (SSSR count). The summed E-state index contributed by atoms with van der Waals surface area (Å²) in [4.78, 5) is 46.0. The van der Waals surface area contributed by atoms with Gasteiger partial charge in [0, 0.05) is 0 Å². The maximum Gasteiger partial charge on any atom is 0.322 e. The van der Waals surface area contributed by atoms with Gasteiger partial charge in [-0.25, -0.2) is 0 Å². The summed E-state index contributed by atoms with van der Waals surface area (Å²) in [6.07, 6.45) is 0.388. The third-order valence-corrected chi connectivity index (χ3v) is 3.22. The van der Waals surface area contributed by atoms with Gasteiger partial charge in [0.1, 0.15) is 12.6 Å². The number of rotatable bonds is 10. The number of hydrogen-bond donors (Lipinski definition) is 5. The van der Waals surface area contributed by atoms with Crippen LogP contribution in [0.3, 0.4) is 0 Å². The fourth-order valence-corrected chi connectivity index (χ4v) is 1.80. The van der Waals surface area contributed by atoms with Crippen molar-refractivity contribution in [1.29, 1.82) is 0 Å². The van der Waals surface area contributed by atoms with Crippen LogP contribution in [0.5, 0.6) is 0 Å². The molecular weight excluding hydrogens is 316 g/mol. The van der Waals surface area contributed by atoms with Gasteiger partial charge in [0.15, 0.2) is 0 Å². The molecule has 0 aliphatic carbocycles.